The minimum absolute atomic E-state index is 0.0873. The molecule has 0 aliphatic rings. The zero-order valence-corrected chi connectivity index (χ0v) is 16.1. The van der Waals surface area contributed by atoms with E-state index in [2.05, 4.69) is 0 Å². The number of hydrogen-bond donors (Lipinski definition) is 0. The van der Waals surface area contributed by atoms with E-state index in [4.69, 9.17) is 0 Å². The highest BCUT2D eigenvalue weighted by molar-refractivity contribution is 14.1. The lowest BCUT2D eigenvalue weighted by molar-refractivity contribution is 0.506. The van der Waals surface area contributed by atoms with E-state index in [1.54, 1.807) is 46.9 Å². The van der Waals surface area contributed by atoms with Crippen molar-refractivity contribution in [2.24, 2.45) is 0 Å². The summed E-state index contributed by atoms with van der Waals surface area (Å²) in [5.74, 6) is -2.94. The van der Waals surface area contributed by atoms with Gasteiger partial charge in [-0.25, -0.2) is 17.6 Å². The second-order valence-corrected chi connectivity index (χ2v) is 7.13. The molecule has 0 atom stereocenters. The minimum atomic E-state index is -0.911. The van der Waals surface area contributed by atoms with Crippen molar-refractivity contribution >= 4 is 22.6 Å². The number of rotatable bonds is 4. The number of benzene rings is 3. The third-order valence-corrected chi connectivity index (χ3v) is 5.04. The highest BCUT2D eigenvalue weighted by Gasteiger charge is 2.14. The summed E-state index contributed by atoms with van der Waals surface area (Å²) in [6.07, 6.45) is 0.995. The second-order valence-electron chi connectivity index (χ2n) is 5.97. The normalized spacial score (nSPS) is 11.0. The first-order valence-electron chi connectivity index (χ1n) is 8.14. The third-order valence-electron chi connectivity index (χ3n) is 4.21. The summed E-state index contributed by atoms with van der Waals surface area (Å²) in [6.45, 7) is 1.86. The fourth-order valence-electron chi connectivity index (χ4n) is 2.85. The average molecular weight is 470 g/mol. The summed E-state index contributed by atoms with van der Waals surface area (Å²) in [5, 5.41) is 0. The Morgan fingerprint density at radius 2 is 1.31 bits per heavy atom. The maximum Gasteiger partial charge on any atom is 0.172 e. The molecule has 0 heterocycles. The molecule has 0 amide bonds. The van der Waals surface area contributed by atoms with Crippen LogP contribution in [0.3, 0.4) is 0 Å². The van der Waals surface area contributed by atoms with Gasteiger partial charge in [-0.15, -0.1) is 0 Å². The molecule has 0 aromatic heterocycles. The standard InChI is InChI=1S/C21H15F4I/c1-2-3-16-17(22)10-14(11-18(16)23)12-4-6-13(7-5-12)15-8-9-19(26)21(25)20(15)24/h4-11H,2-3H2,1H3. The Morgan fingerprint density at radius 3 is 1.88 bits per heavy atom. The molecule has 26 heavy (non-hydrogen) atoms. The van der Waals surface area contributed by atoms with Gasteiger partial charge in [-0.3, -0.25) is 0 Å². The molecule has 0 saturated carbocycles. The monoisotopic (exact) mass is 470 g/mol. The summed E-state index contributed by atoms with van der Waals surface area (Å²) in [4.78, 5) is 0. The highest BCUT2D eigenvalue weighted by Crippen LogP contribution is 2.30. The smallest absolute Gasteiger partial charge is 0.172 e. The summed E-state index contributed by atoms with van der Waals surface area (Å²) in [6, 6.07) is 12.1. The molecule has 3 aromatic rings. The fourth-order valence-corrected chi connectivity index (χ4v) is 3.27. The van der Waals surface area contributed by atoms with Crippen LogP contribution in [0.15, 0.2) is 48.5 Å². The zero-order valence-electron chi connectivity index (χ0n) is 13.9. The van der Waals surface area contributed by atoms with Crippen molar-refractivity contribution in [3.05, 3.63) is 80.9 Å². The van der Waals surface area contributed by atoms with Gasteiger partial charge in [0.05, 0.1) is 3.57 Å². The van der Waals surface area contributed by atoms with Gasteiger partial charge in [0.25, 0.3) is 0 Å². The maximum atomic E-state index is 14.1. The van der Waals surface area contributed by atoms with Crippen molar-refractivity contribution in [3.8, 4) is 22.3 Å². The van der Waals surface area contributed by atoms with E-state index in [1.807, 2.05) is 6.92 Å². The van der Waals surface area contributed by atoms with Crippen molar-refractivity contribution < 1.29 is 17.6 Å². The predicted molar refractivity (Wildman–Crippen MR) is 104 cm³/mol. The Kier molecular flexibility index (Phi) is 5.65. The van der Waals surface area contributed by atoms with Gasteiger partial charge in [-0.05, 0) is 63.9 Å². The van der Waals surface area contributed by atoms with Crippen LogP contribution in [-0.2, 0) is 6.42 Å². The van der Waals surface area contributed by atoms with Crippen molar-refractivity contribution in [2.75, 3.05) is 0 Å². The predicted octanol–water partition coefficient (Wildman–Crippen LogP) is 7.13. The summed E-state index contributed by atoms with van der Waals surface area (Å²) in [5.41, 5.74) is 1.72. The Morgan fingerprint density at radius 1 is 0.731 bits per heavy atom. The molecule has 0 radical (unpaired) electrons. The average Bonchev–Trinajstić information content (AvgIpc) is 2.63. The molecule has 0 N–H and O–H groups in total. The van der Waals surface area contributed by atoms with Gasteiger partial charge in [0.1, 0.15) is 11.6 Å². The number of halogens is 5. The minimum Gasteiger partial charge on any atom is -0.207 e. The van der Waals surface area contributed by atoms with Gasteiger partial charge in [0, 0.05) is 11.1 Å². The lowest BCUT2D eigenvalue weighted by Crippen LogP contribution is -1.96. The van der Waals surface area contributed by atoms with Gasteiger partial charge in [0.2, 0.25) is 0 Å². The molecule has 0 saturated heterocycles. The van der Waals surface area contributed by atoms with Crippen LogP contribution >= 0.6 is 22.6 Å². The molecule has 0 bridgehead atoms. The topological polar surface area (TPSA) is 0 Å². The van der Waals surface area contributed by atoms with Gasteiger partial charge < -0.3 is 0 Å². The van der Waals surface area contributed by atoms with Crippen LogP contribution in [0.2, 0.25) is 0 Å². The maximum absolute atomic E-state index is 14.1. The molecule has 0 spiro atoms. The van der Waals surface area contributed by atoms with Gasteiger partial charge in [0.15, 0.2) is 11.6 Å². The quantitative estimate of drug-likeness (QED) is 0.216. The first kappa shape index (κ1) is 18.9. The van der Waals surface area contributed by atoms with Crippen LogP contribution in [-0.4, -0.2) is 0 Å². The van der Waals surface area contributed by atoms with Crippen LogP contribution in [0.1, 0.15) is 18.9 Å². The summed E-state index contributed by atoms with van der Waals surface area (Å²) in [7, 11) is 0. The molecular weight excluding hydrogens is 455 g/mol. The van der Waals surface area contributed by atoms with Crippen LogP contribution < -0.4 is 0 Å². The molecule has 134 valence electrons. The fraction of sp³-hybridized carbons (Fsp3) is 0.143. The van der Waals surface area contributed by atoms with E-state index < -0.39 is 23.3 Å². The second kappa shape index (κ2) is 7.78. The van der Waals surface area contributed by atoms with Crippen molar-refractivity contribution in [1.82, 2.24) is 0 Å². The van der Waals surface area contributed by atoms with Gasteiger partial charge in [-0.2, -0.15) is 0 Å². The lowest BCUT2D eigenvalue weighted by Gasteiger charge is -2.10. The van der Waals surface area contributed by atoms with Crippen LogP contribution in [0.4, 0.5) is 17.6 Å². The SMILES string of the molecule is CCCc1c(F)cc(-c2ccc(-c3ccc(I)c(F)c3F)cc2)cc1F. The van der Waals surface area contributed by atoms with Gasteiger partial charge >= 0.3 is 0 Å². The highest BCUT2D eigenvalue weighted by atomic mass is 127. The third kappa shape index (κ3) is 3.63. The number of hydrogen-bond acceptors (Lipinski definition) is 0. The van der Waals surface area contributed by atoms with E-state index in [9.17, 15) is 17.6 Å². The molecule has 0 aliphatic heterocycles. The molecule has 5 heteroatoms. The van der Waals surface area contributed by atoms with Crippen molar-refractivity contribution in [1.29, 1.82) is 0 Å². The lowest BCUT2D eigenvalue weighted by atomic mass is 9.98. The van der Waals surface area contributed by atoms with E-state index in [0.29, 0.717) is 29.5 Å². The molecule has 0 fully saturated rings. The molecule has 0 nitrogen and oxygen atoms in total. The van der Waals surface area contributed by atoms with Crippen molar-refractivity contribution in [3.63, 3.8) is 0 Å². The Hall–Kier alpha value is -1.89. The molecular formula is C21H15F4I. The largest absolute Gasteiger partial charge is 0.207 e. The Labute approximate surface area is 163 Å². The molecule has 0 unspecified atom stereocenters. The Bertz CT molecular complexity index is 926. The zero-order chi connectivity index (χ0) is 18.8. The van der Waals surface area contributed by atoms with E-state index >= 15 is 0 Å². The van der Waals surface area contributed by atoms with Crippen molar-refractivity contribution in [2.45, 2.75) is 19.8 Å². The first-order chi connectivity index (χ1) is 12.4. The van der Waals surface area contributed by atoms with E-state index in [1.165, 1.54) is 24.3 Å². The van der Waals surface area contributed by atoms with Gasteiger partial charge in [-0.1, -0.05) is 43.7 Å². The van der Waals surface area contributed by atoms with E-state index in [-0.39, 0.29) is 14.7 Å². The summed E-state index contributed by atoms with van der Waals surface area (Å²) >= 11 is 1.73. The molecule has 0 aliphatic carbocycles. The van der Waals surface area contributed by atoms with Crippen LogP contribution in [0.25, 0.3) is 22.3 Å². The van der Waals surface area contributed by atoms with Crippen LogP contribution in [0, 0.1) is 26.8 Å². The first-order valence-corrected chi connectivity index (χ1v) is 9.22. The molecule has 3 rings (SSSR count). The molecule has 3 aromatic carbocycles. The van der Waals surface area contributed by atoms with E-state index in [0.717, 1.165) is 0 Å². The Balaban J connectivity index is 1.97. The van der Waals surface area contributed by atoms with Crippen LogP contribution in [0.5, 0.6) is 0 Å². The summed E-state index contributed by atoms with van der Waals surface area (Å²) < 4.78 is 56.3.